The Bertz CT molecular complexity index is 614. The lowest BCUT2D eigenvalue weighted by Crippen LogP contribution is -2.00. The van der Waals surface area contributed by atoms with E-state index in [0.29, 0.717) is 17.0 Å². The van der Waals surface area contributed by atoms with E-state index in [0.717, 1.165) is 42.3 Å². The smallest absolute Gasteiger partial charge is 0.152 e. The van der Waals surface area contributed by atoms with Crippen LogP contribution in [0, 0.1) is 6.92 Å². The van der Waals surface area contributed by atoms with Gasteiger partial charge in [-0.25, -0.2) is 0 Å². The van der Waals surface area contributed by atoms with Gasteiger partial charge in [0, 0.05) is 23.2 Å². The number of methoxy groups -OCH3 is 1. The van der Waals surface area contributed by atoms with Gasteiger partial charge in [-0.1, -0.05) is 13.3 Å². The molecular weight excluding hydrogens is 240 g/mol. The Balaban J connectivity index is 2.74. The zero-order valence-electron chi connectivity index (χ0n) is 11.7. The van der Waals surface area contributed by atoms with E-state index in [9.17, 15) is 4.79 Å². The van der Waals surface area contributed by atoms with Crippen molar-refractivity contribution in [1.29, 1.82) is 0 Å². The van der Waals surface area contributed by atoms with Gasteiger partial charge in [0.25, 0.3) is 0 Å². The number of aldehydes is 1. The normalized spacial score (nSPS) is 10.9. The van der Waals surface area contributed by atoms with Crippen LogP contribution in [-0.4, -0.2) is 18.0 Å². The quantitative estimate of drug-likeness (QED) is 0.663. The van der Waals surface area contributed by atoms with Gasteiger partial charge >= 0.3 is 0 Å². The van der Waals surface area contributed by atoms with Crippen molar-refractivity contribution in [2.75, 3.05) is 12.8 Å². The number of anilines is 1. The summed E-state index contributed by atoms with van der Waals surface area (Å²) in [6.45, 7) is 5.02. The minimum Gasteiger partial charge on any atom is -0.495 e. The van der Waals surface area contributed by atoms with Crippen LogP contribution >= 0.6 is 0 Å². The first kappa shape index (κ1) is 13.5. The van der Waals surface area contributed by atoms with E-state index in [4.69, 9.17) is 10.5 Å². The van der Waals surface area contributed by atoms with E-state index < -0.39 is 0 Å². The molecule has 1 heterocycles. The third-order valence-corrected chi connectivity index (χ3v) is 3.61. The molecule has 19 heavy (non-hydrogen) atoms. The van der Waals surface area contributed by atoms with Gasteiger partial charge in [-0.2, -0.15) is 0 Å². The Kier molecular flexibility index (Phi) is 3.79. The second kappa shape index (κ2) is 5.34. The molecular formula is C15H20N2O2. The highest BCUT2D eigenvalue weighted by molar-refractivity contribution is 6.07. The molecule has 0 aliphatic rings. The minimum atomic E-state index is 0.542. The summed E-state index contributed by atoms with van der Waals surface area (Å²) in [5.74, 6) is 0.614. The molecule has 0 unspecified atom stereocenters. The van der Waals surface area contributed by atoms with E-state index in [1.165, 1.54) is 0 Å². The number of hydrogen-bond acceptors (Lipinski definition) is 3. The summed E-state index contributed by atoms with van der Waals surface area (Å²) in [6, 6.07) is 3.83. The van der Waals surface area contributed by atoms with E-state index in [1.54, 1.807) is 7.11 Å². The highest BCUT2D eigenvalue weighted by atomic mass is 16.5. The highest BCUT2D eigenvalue weighted by Gasteiger charge is 2.17. The van der Waals surface area contributed by atoms with Crippen LogP contribution in [0.25, 0.3) is 10.9 Å². The average Bonchev–Trinajstić information content (AvgIpc) is 2.69. The van der Waals surface area contributed by atoms with Gasteiger partial charge in [-0.15, -0.1) is 0 Å². The number of nitrogens with zero attached hydrogens (tertiary/aromatic N) is 1. The number of aryl methyl sites for hydroxylation is 1. The number of fused-ring (bicyclic) bond motifs is 1. The van der Waals surface area contributed by atoms with Crippen molar-refractivity contribution in [1.82, 2.24) is 4.57 Å². The molecule has 0 saturated carbocycles. The number of hydrogen-bond donors (Lipinski definition) is 1. The Hall–Kier alpha value is -1.97. The lowest BCUT2D eigenvalue weighted by atomic mass is 10.1. The third kappa shape index (κ3) is 2.07. The molecule has 0 spiro atoms. The van der Waals surface area contributed by atoms with Gasteiger partial charge in [-0.3, -0.25) is 4.79 Å². The molecule has 4 heteroatoms. The third-order valence-electron chi connectivity index (χ3n) is 3.61. The number of nitrogens with two attached hydrogens (primary N) is 1. The summed E-state index contributed by atoms with van der Waals surface area (Å²) in [7, 11) is 1.58. The van der Waals surface area contributed by atoms with Crippen molar-refractivity contribution < 1.29 is 9.53 Å². The van der Waals surface area contributed by atoms with Crippen LogP contribution in [0.3, 0.4) is 0 Å². The van der Waals surface area contributed by atoms with Crippen LogP contribution in [0.4, 0.5) is 5.69 Å². The van der Waals surface area contributed by atoms with Crippen LogP contribution in [-0.2, 0) is 6.54 Å². The summed E-state index contributed by atoms with van der Waals surface area (Å²) in [4.78, 5) is 11.4. The average molecular weight is 260 g/mol. The molecule has 1 aromatic heterocycles. The number of rotatable bonds is 5. The maximum absolute atomic E-state index is 11.4. The van der Waals surface area contributed by atoms with Gasteiger partial charge in [0.1, 0.15) is 5.75 Å². The number of carbonyl (C=O) groups is 1. The molecule has 0 aliphatic carbocycles. The lowest BCUT2D eigenvalue weighted by Gasteiger charge is -2.09. The van der Waals surface area contributed by atoms with Crippen molar-refractivity contribution in [3.8, 4) is 5.75 Å². The minimum absolute atomic E-state index is 0.542. The molecule has 0 amide bonds. The first-order valence-electron chi connectivity index (χ1n) is 6.56. The maximum atomic E-state index is 11.4. The Morgan fingerprint density at radius 1 is 1.42 bits per heavy atom. The van der Waals surface area contributed by atoms with Gasteiger partial charge < -0.3 is 15.0 Å². The molecule has 1 aromatic carbocycles. The van der Waals surface area contributed by atoms with Crippen LogP contribution in [0.1, 0.15) is 35.8 Å². The van der Waals surface area contributed by atoms with E-state index in [-0.39, 0.29) is 0 Å². The van der Waals surface area contributed by atoms with E-state index >= 15 is 0 Å². The van der Waals surface area contributed by atoms with Crippen LogP contribution in [0.2, 0.25) is 0 Å². The fourth-order valence-corrected chi connectivity index (χ4v) is 2.53. The fraction of sp³-hybridized carbons (Fsp3) is 0.400. The summed E-state index contributed by atoms with van der Waals surface area (Å²) in [6.07, 6.45) is 3.08. The Morgan fingerprint density at radius 3 is 2.74 bits per heavy atom. The van der Waals surface area contributed by atoms with Gasteiger partial charge in [0.2, 0.25) is 0 Å². The summed E-state index contributed by atoms with van der Waals surface area (Å²) in [5, 5.41) is 0.808. The lowest BCUT2D eigenvalue weighted by molar-refractivity contribution is 0.112. The van der Waals surface area contributed by atoms with Gasteiger partial charge in [0.05, 0.1) is 18.3 Å². The predicted octanol–water partition coefficient (Wildman–Crippen LogP) is 3.15. The molecule has 0 saturated heterocycles. The highest BCUT2D eigenvalue weighted by Crippen LogP contribution is 2.35. The number of benzene rings is 1. The molecule has 0 radical (unpaired) electrons. The van der Waals surface area contributed by atoms with Crippen LogP contribution in [0.5, 0.6) is 5.75 Å². The van der Waals surface area contributed by atoms with Crippen molar-refractivity contribution in [3.63, 3.8) is 0 Å². The number of carbonyl (C=O) groups excluding carboxylic acids is 1. The van der Waals surface area contributed by atoms with Crippen LogP contribution < -0.4 is 10.5 Å². The van der Waals surface area contributed by atoms with Gasteiger partial charge in [-0.05, 0) is 25.5 Å². The zero-order valence-corrected chi connectivity index (χ0v) is 11.7. The number of aromatic nitrogens is 1. The second-order valence-corrected chi connectivity index (χ2v) is 4.70. The SMILES string of the molecule is CCCCn1c(C)c(C=O)c2c(N)c(OC)ccc21. The largest absolute Gasteiger partial charge is 0.495 e. The van der Waals surface area contributed by atoms with Crippen LogP contribution in [0.15, 0.2) is 12.1 Å². The summed E-state index contributed by atoms with van der Waals surface area (Å²) in [5.41, 5.74) is 9.31. The molecule has 2 aromatic rings. The topological polar surface area (TPSA) is 57.2 Å². The summed E-state index contributed by atoms with van der Waals surface area (Å²) >= 11 is 0. The molecule has 0 aliphatic heterocycles. The number of ether oxygens (including phenoxy) is 1. The first-order chi connectivity index (χ1) is 9.15. The van der Waals surface area contributed by atoms with Crippen molar-refractivity contribution >= 4 is 22.9 Å². The van der Waals surface area contributed by atoms with E-state index in [1.807, 2.05) is 19.1 Å². The van der Waals surface area contributed by atoms with Crippen molar-refractivity contribution in [2.45, 2.75) is 33.2 Å². The number of nitrogen functional groups attached to an aromatic ring is 1. The molecule has 0 bridgehead atoms. The zero-order chi connectivity index (χ0) is 14.0. The van der Waals surface area contributed by atoms with E-state index in [2.05, 4.69) is 11.5 Å². The molecule has 2 rings (SSSR count). The molecule has 2 N–H and O–H groups in total. The first-order valence-corrected chi connectivity index (χ1v) is 6.56. The standard InChI is InChI=1S/C15H20N2O2/c1-4-5-8-17-10(2)11(9-18)14-12(17)6-7-13(19-3)15(14)16/h6-7,9H,4-5,8,16H2,1-3H3. The molecule has 0 atom stereocenters. The maximum Gasteiger partial charge on any atom is 0.152 e. The predicted molar refractivity (Wildman–Crippen MR) is 77.9 cm³/mol. The summed E-state index contributed by atoms with van der Waals surface area (Å²) < 4.78 is 7.40. The molecule has 0 fully saturated rings. The molecule has 102 valence electrons. The fourth-order valence-electron chi connectivity index (χ4n) is 2.53. The molecule has 4 nitrogen and oxygen atoms in total. The van der Waals surface area contributed by atoms with Crippen molar-refractivity contribution in [2.24, 2.45) is 0 Å². The van der Waals surface area contributed by atoms with Crippen molar-refractivity contribution in [3.05, 3.63) is 23.4 Å². The Labute approximate surface area is 113 Å². The second-order valence-electron chi connectivity index (χ2n) is 4.70. The van der Waals surface area contributed by atoms with Gasteiger partial charge in [0.15, 0.2) is 6.29 Å². The number of unbranched alkanes of at least 4 members (excludes halogenated alkanes) is 1. The Morgan fingerprint density at radius 2 is 2.16 bits per heavy atom. The monoisotopic (exact) mass is 260 g/mol.